The van der Waals surface area contributed by atoms with Crippen molar-refractivity contribution in [2.75, 3.05) is 26.2 Å². The quantitative estimate of drug-likeness (QED) is 0.790. The molecule has 1 aliphatic rings. The SMILES string of the molecule is CCc1noc(C)c1C(=O)NCC(c1c(F)cccc1Cl)N1CCOC(C)C1. The molecular weight excluding hydrogens is 385 g/mol. The first-order chi connectivity index (χ1) is 13.4. The Morgan fingerprint density at radius 1 is 1.50 bits per heavy atom. The average Bonchev–Trinajstić information content (AvgIpc) is 3.04. The van der Waals surface area contributed by atoms with Gasteiger partial charge in [-0.15, -0.1) is 0 Å². The number of aromatic nitrogens is 1. The lowest BCUT2D eigenvalue weighted by Gasteiger charge is -2.38. The number of aryl methyl sites for hydroxylation is 2. The lowest BCUT2D eigenvalue weighted by molar-refractivity contribution is -0.0346. The van der Waals surface area contributed by atoms with Gasteiger partial charge in [0.05, 0.1) is 24.4 Å². The molecule has 0 bridgehead atoms. The molecule has 28 heavy (non-hydrogen) atoms. The van der Waals surface area contributed by atoms with Gasteiger partial charge in [0.25, 0.3) is 5.91 Å². The molecule has 2 unspecified atom stereocenters. The molecule has 0 radical (unpaired) electrons. The van der Waals surface area contributed by atoms with Crippen LogP contribution in [0.1, 0.15) is 47.3 Å². The second-order valence-corrected chi connectivity index (χ2v) is 7.36. The van der Waals surface area contributed by atoms with E-state index in [1.54, 1.807) is 19.1 Å². The summed E-state index contributed by atoms with van der Waals surface area (Å²) >= 11 is 6.33. The molecule has 1 aliphatic heterocycles. The smallest absolute Gasteiger partial charge is 0.256 e. The van der Waals surface area contributed by atoms with Crippen LogP contribution in [0.5, 0.6) is 0 Å². The number of ether oxygens (including phenoxy) is 1. The maximum absolute atomic E-state index is 14.7. The van der Waals surface area contributed by atoms with E-state index in [4.69, 9.17) is 20.9 Å². The molecule has 2 atom stereocenters. The van der Waals surface area contributed by atoms with Crippen LogP contribution >= 0.6 is 11.6 Å². The monoisotopic (exact) mass is 409 g/mol. The van der Waals surface area contributed by atoms with Gasteiger partial charge in [-0.1, -0.05) is 29.7 Å². The Labute approximate surface area is 169 Å². The summed E-state index contributed by atoms with van der Waals surface area (Å²) in [6, 6.07) is 4.22. The van der Waals surface area contributed by atoms with Crippen molar-refractivity contribution in [1.29, 1.82) is 0 Å². The minimum Gasteiger partial charge on any atom is -0.376 e. The van der Waals surface area contributed by atoms with Crippen molar-refractivity contribution in [1.82, 2.24) is 15.4 Å². The largest absolute Gasteiger partial charge is 0.376 e. The van der Waals surface area contributed by atoms with Crippen LogP contribution in [-0.4, -0.2) is 48.3 Å². The predicted molar refractivity (Wildman–Crippen MR) is 104 cm³/mol. The Hall–Kier alpha value is -1.96. The van der Waals surface area contributed by atoms with E-state index in [0.29, 0.717) is 53.7 Å². The van der Waals surface area contributed by atoms with Crippen molar-refractivity contribution < 1.29 is 18.4 Å². The highest BCUT2D eigenvalue weighted by atomic mass is 35.5. The van der Waals surface area contributed by atoms with E-state index in [-0.39, 0.29) is 24.4 Å². The highest BCUT2D eigenvalue weighted by molar-refractivity contribution is 6.31. The van der Waals surface area contributed by atoms with Crippen molar-refractivity contribution >= 4 is 17.5 Å². The lowest BCUT2D eigenvalue weighted by Crippen LogP contribution is -2.47. The molecule has 2 heterocycles. The van der Waals surface area contributed by atoms with Crippen LogP contribution in [0.3, 0.4) is 0 Å². The summed E-state index contributed by atoms with van der Waals surface area (Å²) in [7, 11) is 0. The standard InChI is InChI=1S/C20H25ClFN3O3/c1-4-16-18(13(3)28-24-16)20(26)23-10-17(25-8-9-27-12(2)11-25)19-14(21)6-5-7-15(19)22/h5-7,12,17H,4,8-11H2,1-3H3,(H,23,26). The van der Waals surface area contributed by atoms with Gasteiger partial charge in [0.2, 0.25) is 0 Å². The highest BCUT2D eigenvalue weighted by Crippen LogP contribution is 2.31. The van der Waals surface area contributed by atoms with Gasteiger partial charge in [0.15, 0.2) is 0 Å². The second-order valence-electron chi connectivity index (χ2n) is 6.95. The third-order valence-electron chi connectivity index (χ3n) is 5.00. The summed E-state index contributed by atoms with van der Waals surface area (Å²) in [6.45, 7) is 7.59. The number of benzene rings is 1. The van der Waals surface area contributed by atoms with Gasteiger partial charge in [0, 0.05) is 30.2 Å². The van der Waals surface area contributed by atoms with Gasteiger partial charge in [-0.05, 0) is 32.4 Å². The van der Waals surface area contributed by atoms with Crippen molar-refractivity contribution in [3.8, 4) is 0 Å². The first-order valence-electron chi connectivity index (χ1n) is 9.45. The normalized spacial score (nSPS) is 18.8. The van der Waals surface area contributed by atoms with Crippen LogP contribution in [0.4, 0.5) is 4.39 Å². The van der Waals surface area contributed by atoms with Gasteiger partial charge in [-0.25, -0.2) is 4.39 Å². The Balaban J connectivity index is 1.85. The molecule has 152 valence electrons. The summed E-state index contributed by atoms with van der Waals surface area (Å²) in [5, 5.41) is 7.19. The second kappa shape index (κ2) is 9.03. The third-order valence-corrected chi connectivity index (χ3v) is 5.33. The number of rotatable bonds is 6. The number of morpholine rings is 1. The molecule has 1 amide bonds. The fraction of sp³-hybridized carbons (Fsp3) is 0.500. The summed E-state index contributed by atoms with van der Waals surface area (Å²) in [5.74, 6) is -0.203. The summed E-state index contributed by atoms with van der Waals surface area (Å²) in [4.78, 5) is 14.9. The number of hydrogen-bond acceptors (Lipinski definition) is 5. The minimum atomic E-state index is -0.408. The molecule has 3 rings (SSSR count). The zero-order valence-corrected chi connectivity index (χ0v) is 17.1. The van der Waals surface area contributed by atoms with E-state index in [1.165, 1.54) is 6.07 Å². The number of carbonyl (C=O) groups is 1. The first-order valence-corrected chi connectivity index (χ1v) is 9.83. The number of nitrogens with zero attached hydrogens (tertiary/aromatic N) is 2. The van der Waals surface area contributed by atoms with Crippen molar-refractivity contribution in [2.24, 2.45) is 0 Å². The minimum absolute atomic E-state index is 0.0181. The van der Waals surface area contributed by atoms with Gasteiger partial charge in [-0.2, -0.15) is 0 Å². The lowest BCUT2D eigenvalue weighted by atomic mass is 10.0. The topological polar surface area (TPSA) is 67.6 Å². The molecule has 0 spiro atoms. The number of hydrogen-bond donors (Lipinski definition) is 1. The fourth-order valence-corrected chi connectivity index (χ4v) is 3.89. The summed E-state index contributed by atoms with van der Waals surface area (Å²) in [5.41, 5.74) is 1.43. The van der Waals surface area contributed by atoms with Gasteiger partial charge in [-0.3, -0.25) is 9.69 Å². The van der Waals surface area contributed by atoms with Crippen molar-refractivity contribution in [3.63, 3.8) is 0 Å². The van der Waals surface area contributed by atoms with Gasteiger partial charge in [0.1, 0.15) is 17.1 Å². The Morgan fingerprint density at radius 3 is 2.96 bits per heavy atom. The van der Waals surface area contributed by atoms with Crippen LogP contribution in [0.25, 0.3) is 0 Å². The van der Waals surface area contributed by atoms with E-state index >= 15 is 0 Å². The molecule has 8 heteroatoms. The zero-order chi connectivity index (χ0) is 20.3. The maximum atomic E-state index is 14.7. The molecule has 0 aliphatic carbocycles. The Bertz CT molecular complexity index is 822. The summed E-state index contributed by atoms with van der Waals surface area (Å²) in [6.07, 6.45) is 0.605. The molecule has 1 aromatic carbocycles. The molecule has 1 aromatic heterocycles. The predicted octanol–water partition coefficient (Wildman–Crippen LogP) is 3.53. The van der Waals surface area contributed by atoms with E-state index in [1.807, 2.05) is 13.8 Å². The first kappa shape index (κ1) is 20.8. The Morgan fingerprint density at radius 2 is 2.29 bits per heavy atom. The molecule has 2 aromatic rings. The van der Waals surface area contributed by atoms with Crippen molar-refractivity contribution in [2.45, 2.75) is 39.3 Å². The van der Waals surface area contributed by atoms with Crippen LogP contribution in [0.15, 0.2) is 22.7 Å². The molecular formula is C20H25ClFN3O3. The molecule has 1 saturated heterocycles. The molecule has 1 fully saturated rings. The molecule has 0 saturated carbocycles. The Kier molecular flexibility index (Phi) is 6.69. The number of amides is 1. The van der Waals surface area contributed by atoms with Gasteiger partial charge >= 0.3 is 0 Å². The number of carbonyl (C=O) groups excluding carboxylic acids is 1. The van der Waals surface area contributed by atoms with Crippen molar-refractivity contribution in [3.05, 3.63) is 51.6 Å². The highest BCUT2D eigenvalue weighted by Gasteiger charge is 2.30. The van der Waals surface area contributed by atoms with E-state index in [9.17, 15) is 9.18 Å². The van der Waals surface area contributed by atoms with Crippen LogP contribution in [-0.2, 0) is 11.2 Å². The van der Waals surface area contributed by atoms with E-state index in [2.05, 4.69) is 15.4 Å². The van der Waals surface area contributed by atoms with Crippen LogP contribution in [0, 0.1) is 12.7 Å². The fourth-order valence-electron chi connectivity index (χ4n) is 3.60. The third kappa shape index (κ3) is 4.37. The maximum Gasteiger partial charge on any atom is 0.256 e. The van der Waals surface area contributed by atoms with E-state index < -0.39 is 6.04 Å². The molecule has 6 nitrogen and oxygen atoms in total. The number of halogens is 2. The summed E-state index contributed by atoms with van der Waals surface area (Å²) < 4.78 is 25.4. The van der Waals surface area contributed by atoms with Crippen LogP contribution in [0.2, 0.25) is 5.02 Å². The van der Waals surface area contributed by atoms with Crippen LogP contribution < -0.4 is 5.32 Å². The van der Waals surface area contributed by atoms with E-state index in [0.717, 1.165) is 0 Å². The average molecular weight is 410 g/mol. The zero-order valence-electron chi connectivity index (χ0n) is 16.3. The molecule has 1 N–H and O–H groups in total. The van der Waals surface area contributed by atoms with Gasteiger partial charge < -0.3 is 14.6 Å². The number of nitrogens with one attached hydrogen (secondary N) is 1.